The van der Waals surface area contributed by atoms with Crippen molar-refractivity contribution in [2.24, 2.45) is 0 Å². The number of benzene rings is 3. The van der Waals surface area contributed by atoms with Crippen LogP contribution in [0, 0.1) is 0 Å². The zero-order valence-electron chi connectivity index (χ0n) is 17.6. The van der Waals surface area contributed by atoms with E-state index in [0.29, 0.717) is 52.4 Å². The van der Waals surface area contributed by atoms with Gasteiger partial charge in [0.15, 0.2) is 11.5 Å². The minimum atomic E-state index is -3.86. The molecule has 3 aromatic carbocycles. The van der Waals surface area contributed by atoms with E-state index in [1.54, 1.807) is 24.3 Å². The van der Waals surface area contributed by atoms with E-state index in [0.717, 1.165) is 6.42 Å². The average Bonchev–Trinajstić information content (AvgIpc) is 3.04. The number of hydrogen-bond acceptors (Lipinski definition) is 6. The van der Waals surface area contributed by atoms with Crippen LogP contribution in [0.15, 0.2) is 65.6 Å². The molecule has 8 nitrogen and oxygen atoms in total. The van der Waals surface area contributed by atoms with Crippen LogP contribution in [-0.4, -0.2) is 34.6 Å². The number of halogens is 1. The van der Waals surface area contributed by atoms with Crippen molar-refractivity contribution in [2.45, 2.75) is 11.3 Å². The number of sulfonamides is 1. The van der Waals surface area contributed by atoms with Crippen molar-refractivity contribution in [3.63, 3.8) is 0 Å². The lowest BCUT2D eigenvalue weighted by Gasteiger charge is -2.12. The molecule has 2 N–H and O–H groups in total. The highest BCUT2D eigenvalue weighted by Gasteiger charge is 2.19. The molecule has 0 saturated carbocycles. The van der Waals surface area contributed by atoms with Gasteiger partial charge in [0.1, 0.15) is 5.75 Å². The molecule has 0 saturated heterocycles. The molecule has 3 aromatic rings. The molecule has 0 atom stereocenters. The molecule has 1 aliphatic rings. The van der Waals surface area contributed by atoms with Crippen LogP contribution in [0.3, 0.4) is 0 Å². The first-order valence-corrected chi connectivity index (χ1v) is 11.9. The fraction of sp³-hybridized carbons (Fsp3) is 0.174. The van der Waals surface area contributed by atoms with Crippen LogP contribution in [0.25, 0.3) is 0 Å². The summed E-state index contributed by atoms with van der Waals surface area (Å²) in [7, 11) is -2.36. The van der Waals surface area contributed by atoms with Crippen LogP contribution in [0.2, 0.25) is 5.02 Å². The van der Waals surface area contributed by atoms with Crippen molar-refractivity contribution in [3.8, 4) is 17.2 Å². The van der Waals surface area contributed by atoms with Gasteiger partial charge in [-0.1, -0.05) is 11.6 Å². The Morgan fingerprint density at radius 3 is 2.33 bits per heavy atom. The van der Waals surface area contributed by atoms with Crippen LogP contribution in [0.5, 0.6) is 17.2 Å². The molecule has 172 valence electrons. The van der Waals surface area contributed by atoms with Crippen LogP contribution >= 0.6 is 11.6 Å². The van der Waals surface area contributed by atoms with Crippen molar-refractivity contribution >= 4 is 38.9 Å². The van der Waals surface area contributed by atoms with Gasteiger partial charge in [0, 0.05) is 29.4 Å². The first-order chi connectivity index (χ1) is 15.9. The van der Waals surface area contributed by atoms with Crippen LogP contribution < -0.4 is 24.2 Å². The summed E-state index contributed by atoms with van der Waals surface area (Å²) < 4.78 is 44.3. The quantitative estimate of drug-likeness (QED) is 0.527. The highest BCUT2D eigenvalue weighted by Crippen LogP contribution is 2.32. The summed E-state index contributed by atoms with van der Waals surface area (Å²) in [5, 5.41) is 3.10. The Kier molecular flexibility index (Phi) is 6.62. The molecule has 0 aromatic heterocycles. The van der Waals surface area contributed by atoms with E-state index in [9.17, 15) is 13.2 Å². The van der Waals surface area contributed by atoms with Crippen LogP contribution in [0.1, 0.15) is 16.8 Å². The van der Waals surface area contributed by atoms with Gasteiger partial charge in [-0.15, -0.1) is 0 Å². The number of anilines is 2. The number of fused-ring (bicyclic) bond motifs is 1. The highest BCUT2D eigenvalue weighted by atomic mass is 35.5. The van der Waals surface area contributed by atoms with E-state index >= 15 is 0 Å². The Hall–Kier alpha value is -3.43. The number of carbonyl (C=O) groups excluding carboxylic acids is 1. The molecule has 0 unspecified atom stereocenters. The van der Waals surface area contributed by atoms with E-state index < -0.39 is 10.0 Å². The molecular formula is C23H21ClN2O6S. The number of hydrogen-bond donors (Lipinski definition) is 2. The second-order valence-electron chi connectivity index (χ2n) is 7.15. The maximum atomic E-state index is 12.8. The molecule has 0 radical (unpaired) electrons. The molecule has 0 aliphatic carbocycles. The van der Waals surface area contributed by atoms with Crippen LogP contribution in [0.4, 0.5) is 11.4 Å². The summed E-state index contributed by atoms with van der Waals surface area (Å²) in [5.74, 6) is 1.04. The van der Waals surface area contributed by atoms with Gasteiger partial charge in [0.05, 0.1) is 30.2 Å². The second-order valence-corrected chi connectivity index (χ2v) is 9.23. The van der Waals surface area contributed by atoms with Gasteiger partial charge in [-0.3, -0.25) is 9.52 Å². The topological polar surface area (TPSA) is 103 Å². The second kappa shape index (κ2) is 9.60. The molecule has 0 bridgehead atoms. The lowest BCUT2D eigenvalue weighted by molar-refractivity contribution is 0.102. The number of ether oxygens (including phenoxy) is 3. The van der Waals surface area contributed by atoms with E-state index in [4.69, 9.17) is 25.8 Å². The van der Waals surface area contributed by atoms with E-state index in [2.05, 4.69) is 10.0 Å². The van der Waals surface area contributed by atoms with E-state index in [1.165, 1.54) is 43.5 Å². The lowest BCUT2D eigenvalue weighted by atomic mass is 10.2. The minimum Gasteiger partial charge on any atom is -0.495 e. The molecule has 1 aliphatic heterocycles. The maximum Gasteiger partial charge on any atom is 0.262 e. The molecule has 4 rings (SSSR count). The third-order valence-electron chi connectivity index (χ3n) is 4.84. The zero-order chi connectivity index (χ0) is 23.4. The molecule has 10 heteroatoms. The van der Waals surface area contributed by atoms with Crippen molar-refractivity contribution in [1.29, 1.82) is 0 Å². The Labute approximate surface area is 196 Å². The predicted molar refractivity (Wildman–Crippen MR) is 125 cm³/mol. The van der Waals surface area contributed by atoms with Gasteiger partial charge in [-0.25, -0.2) is 8.42 Å². The Bertz CT molecular complexity index is 1280. The number of amides is 1. The number of carbonyl (C=O) groups is 1. The van der Waals surface area contributed by atoms with Crippen molar-refractivity contribution in [2.75, 3.05) is 30.4 Å². The summed E-state index contributed by atoms with van der Waals surface area (Å²) in [6.45, 7) is 0.971. The minimum absolute atomic E-state index is 0.0463. The lowest BCUT2D eigenvalue weighted by Crippen LogP contribution is -2.14. The largest absolute Gasteiger partial charge is 0.495 e. The summed E-state index contributed by atoms with van der Waals surface area (Å²) in [5.41, 5.74) is 1.16. The fourth-order valence-corrected chi connectivity index (χ4v) is 4.49. The number of methoxy groups -OCH3 is 1. The maximum absolute atomic E-state index is 12.8. The highest BCUT2D eigenvalue weighted by molar-refractivity contribution is 7.92. The molecule has 0 fully saturated rings. The van der Waals surface area contributed by atoms with Crippen molar-refractivity contribution in [1.82, 2.24) is 0 Å². The summed E-state index contributed by atoms with van der Waals surface area (Å²) >= 11 is 6.08. The van der Waals surface area contributed by atoms with Gasteiger partial charge >= 0.3 is 0 Å². The van der Waals surface area contributed by atoms with Gasteiger partial charge in [-0.05, 0) is 54.6 Å². The predicted octanol–water partition coefficient (Wildman–Crippen LogP) is 4.56. The van der Waals surface area contributed by atoms with E-state index in [-0.39, 0.29) is 10.8 Å². The zero-order valence-corrected chi connectivity index (χ0v) is 19.2. The van der Waals surface area contributed by atoms with Crippen molar-refractivity contribution < 1.29 is 27.4 Å². The summed E-state index contributed by atoms with van der Waals surface area (Å²) in [6.07, 6.45) is 0.723. The summed E-state index contributed by atoms with van der Waals surface area (Å²) in [4.78, 5) is 12.6. The van der Waals surface area contributed by atoms with Crippen molar-refractivity contribution in [3.05, 3.63) is 71.2 Å². The Balaban J connectivity index is 1.45. The number of nitrogens with one attached hydrogen (secondary N) is 2. The standard InChI is InChI=1S/C23H21ClN2O6S/c1-30-20-9-7-17(13-19(20)24)25-23(27)15-3-5-16(6-4-15)26-33(28,29)18-8-10-21-22(14-18)32-12-2-11-31-21/h3-10,13-14,26H,2,11-12H2,1H3,(H,25,27). The van der Waals surface area contributed by atoms with Gasteiger partial charge in [-0.2, -0.15) is 0 Å². The molecule has 1 heterocycles. The summed E-state index contributed by atoms with van der Waals surface area (Å²) in [6, 6.07) is 15.4. The van der Waals surface area contributed by atoms with Gasteiger partial charge < -0.3 is 19.5 Å². The van der Waals surface area contributed by atoms with E-state index in [1.807, 2.05) is 0 Å². The molecular weight excluding hydrogens is 468 g/mol. The Morgan fingerprint density at radius 2 is 1.64 bits per heavy atom. The average molecular weight is 489 g/mol. The third-order valence-corrected chi connectivity index (χ3v) is 6.51. The van der Waals surface area contributed by atoms with Gasteiger partial charge in [0.2, 0.25) is 0 Å². The van der Waals surface area contributed by atoms with Crippen LogP contribution in [-0.2, 0) is 10.0 Å². The fourth-order valence-electron chi connectivity index (χ4n) is 3.16. The Morgan fingerprint density at radius 1 is 0.939 bits per heavy atom. The van der Waals surface area contributed by atoms with Gasteiger partial charge in [0.25, 0.3) is 15.9 Å². The molecule has 33 heavy (non-hydrogen) atoms. The smallest absolute Gasteiger partial charge is 0.262 e. The number of rotatable bonds is 6. The SMILES string of the molecule is COc1ccc(NC(=O)c2ccc(NS(=O)(=O)c3ccc4c(c3)OCCCO4)cc2)cc1Cl. The first-order valence-electron chi connectivity index (χ1n) is 10.0. The monoisotopic (exact) mass is 488 g/mol. The third kappa shape index (κ3) is 5.32. The normalized spacial score (nSPS) is 13.0. The molecule has 1 amide bonds. The first kappa shape index (κ1) is 22.8. The molecule has 0 spiro atoms.